The summed E-state index contributed by atoms with van der Waals surface area (Å²) in [6.07, 6.45) is 0.0103. The second-order valence-corrected chi connectivity index (χ2v) is 8.06. The van der Waals surface area contributed by atoms with Crippen molar-refractivity contribution < 1.29 is 14.4 Å². The first kappa shape index (κ1) is 19.1. The molecule has 6 nitrogen and oxygen atoms in total. The van der Waals surface area contributed by atoms with Crippen LogP contribution in [0.3, 0.4) is 0 Å². The molecule has 4 aromatic rings. The van der Waals surface area contributed by atoms with Gasteiger partial charge in [0.2, 0.25) is 5.91 Å². The lowest BCUT2D eigenvalue weighted by Gasteiger charge is -2.12. The molecule has 1 aliphatic heterocycles. The predicted octanol–water partition coefficient (Wildman–Crippen LogP) is 4.59. The van der Waals surface area contributed by atoms with Crippen molar-refractivity contribution in [2.24, 2.45) is 0 Å². The first-order valence-corrected chi connectivity index (χ1v) is 10.7. The molecule has 31 heavy (non-hydrogen) atoms. The van der Waals surface area contributed by atoms with Crippen LogP contribution in [0.25, 0.3) is 22.0 Å². The van der Waals surface area contributed by atoms with Gasteiger partial charge in [0.1, 0.15) is 0 Å². The maximum atomic E-state index is 12.4. The topological polar surface area (TPSA) is 79.4 Å². The van der Waals surface area contributed by atoms with Crippen LogP contribution in [-0.2, 0) is 4.79 Å². The first-order chi connectivity index (χ1) is 15.1. The van der Waals surface area contributed by atoms with Gasteiger partial charge in [-0.05, 0) is 29.0 Å². The molecule has 2 heterocycles. The third-order valence-corrected chi connectivity index (χ3v) is 5.99. The molecule has 0 bridgehead atoms. The smallest absolute Gasteiger partial charge is 0.261 e. The summed E-state index contributed by atoms with van der Waals surface area (Å²) in [5.41, 5.74) is 2.52. The quantitative estimate of drug-likeness (QED) is 0.473. The third-order valence-electron chi connectivity index (χ3n) is 5.24. The van der Waals surface area contributed by atoms with Crippen LogP contribution in [0.5, 0.6) is 0 Å². The zero-order valence-electron chi connectivity index (χ0n) is 16.4. The SMILES string of the molecule is O=C(CCN1C(=O)c2ccccc2C1=O)Nc1nc(-c2ccc3ccccc3c2)cs1. The van der Waals surface area contributed by atoms with Gasteiger partial charge in [0.25, 0.3) is 11.8 Å². The first-order valence-electron chi connectivity index (χ1n) is 9.80. The van der Waals surface area contributed by atoms with Crippen molar-refractivity contribution in [1.29, 1.82) is 0 Å². The highest BCUT2D eigenvalue weighted by Gasteiger charge is 2.34. The van der Waals surface area contributed by atoms with Crippen LogP contribution in [0.2, 0.25) is 0 Å². The van der Waals surface area contributed by atoms with Crippen LogP contribution in [0, 0.1) is 0 Å². The van der Waals surface area contributed by atoms with Gasteiger partial charge in [-0.15, -0.1) is 11.3 Å². The monoisotopic (exact) mass is 427 g/mol. The number of aromatic nitrogens is 1. The summed E-state index contributed by atoms with van der Waals surface area (Å²) in [5.74, 6) is -1.02. The largest absolute Gasteiger partial charge is 0.302 e. The molecule has 0 spiro atoms. The molecule has 0 aliphatic carbocycles. The van der Waals surface area contributed by atoms with Crippen LogP contribution < -0.4 is 5.32 Å². The van der Waals surface area contributed by atoms with E-state index in [9.17, 15) is 14.4 Å². The summed E-state index contributed by atoms with van der Waals surface area (Å²) < 4.78 is 0. The molecule has 1 aromatic heterocycles. The molecule has 7 heteroatoms. The Morgan fingerprint density at radius 1 is 0.903 bits per heavy atom. The number of imide groups is 1. The molecule has 0 atom stereocenters. The molecule has 5 rings (SSSR count). The molecule has 0 unspecified atom stereocenters. The number of anilines is 1. The molecule has 3 aromatic carbocycles. The normalized spacial score (nSPS) is 13.0. The Bertz CT molecular complexity index is 1310. The minimum absolute atomic E-state index is 0.0103. The Hall–Kier alpha value is -3.84. The maximum absolute atomic E-state index is 12.4. The number of hydrogen-bond acceptors (Lipinski definition) is 5. The van der Waals surface area contributed by atoms with Gasteiger partial charge in [-0.25, -0.2) is 4.98 Å². The van der Waals surface area contributed by atoms with E-state index >= 15 is 0 Å². The van der Waals surface area contributed by atoms with Gasteiger partial charge < -0.3 is 5.32 Å². The van der Waals surface area contributed by atoms with Crippen molar-refractivity contribution in [3.63, 3.8) is 0 Å². The van der Waals surface area contributed by atoms with Gasteiger partial charge in [0.15, 0.2) is 5.13 Å². The third kappa shape index (κ3) is 3.60. The van der Waals surface area contributed by atoms with Gasteiger partial charge in [0.05, 0.1) is 16.8 Å². The summed E-state index contributed by atoms with van der Waals surface area (Å²) in [4.78, 5) is 42.8. The maximum Gasteiger partial charge on any atom is 0.261 e. The number of hydrogen-bond donors (Lipinski definition) is 1. The summed E-state index contributed by atoms with van der Waals surface area (Å²) in [7, 11) is 0. The Labute approximate surface area is 182 Å². The average Bonchev–Trinajstić information content (AvgIpc) is 3.35. The Kier molecular flexibility index (Phi) is 4.80. The highest BCUT2D eigenvalue weighted by atomic mass is 32.1. The van der Waals surface area contributed by atoms with E-state index in [0.29, 0.717) is 16.3 Å². The van der Waals surface area contributed by atoms with E-state index < -0.39 is 0 Å². The van der Waals surface area contributed by atoms with Crippen LogP contribution in [0.1, 0.15) is 27.1 Å². The second kappa shape index (κ2) is 7.77. The summed E-state index contributed by atoms with van der Waals surface area (Å²) >= 11 is 1.34. The van der Waals surface area contributed by atoms with Crippen molar-refractivity contribution in [3.8, 4) is 11.3 Å². The molecule has 3 amide bonds. The summed E-state index contributed by atoms with van der Waals surface area (Å²) in [5, 5.41) is 7.42. The predicted molar refractivity (Wildman–Crippen MR) is 120 cm³/mol. The van der Waals surface area contributed by atoms with E-state index in [-0.39, 0.29) is 30.7 Å². The van der Waals surface area contributed by atoms with Crippen molar-refractivity contribution >= 4 is 45.0 Å². The number of rotatable bonds is 5. The Balaban J connectivity index is 1.23. The molecule has 0 saturated carbocycles. The van der Waals surface area contributed by atoms with Crippen LogP contribution in [0.4, 0.5) is 5.13 Å². The van der Waals surface area contributed by atoms with E-state index in [1.807, 2.05) is 35.7 Å². The highest BCUT2D eigenvalue weighted by molar-refractivity contribution is 7.14. The number of nitrogens with zero attached hydrogens (tertiary/aromatic N) is 2. The lowest BCUT2D eigenvalue weighted by atomic mass is 10.1. The van der Waals surface area contributed by atoms with E-state index in [4.69, 9.17) is 0 Å². The van der Waals surface area contributed by atoms with Crippen LogP contribution in [-0.4, -0.2) is 34.2 Å². The van der Waals surface area contributed by atoms with Gasteiger partial charge in [-0.2, -0.15) is 0 Å². The fourth-order valence-electron chi connectivity index (χ4n) is 3.65. The van der Waals surface area contributed by atoms with Gasteiger partial charge >= 0.3 is 0 Å². The standard InChI is InChI=1S/C24H17N3O3S/c28-21(11-12-27-22(29)18-7-3-4-8-19(18)23(27)30)26-24-25-20(14-31-24)17-10-9-15-5-1-2-6-16(15)13-17/h1-10,13-14H,11-12H2,(H,25,26,28). The second-order valence-electron chi connectivity index (χ2n) is 7.21. The fourth-order valence-corrected chi connectivity index (χ4v) is 4.39. The lowest BCUT2D eigenvalue weighted by molar-refractivity contribution is -0.116. The molecule has 0 saturated heterocycles. The molecular weight excluding hydrogens is 410 g/mol. The van der Waals surface area contributed by atoms with Crippen molar-refractivity contribution in [3.05, 3.63) is 83.2 Å². The molecule has 1 aliphatic rings. The highest BCUT2D eigenvalue weighted by Crippen LogP contribution is 2.28. The van der Waals surface area contributed by atoms with Gasteiger partial charge in [0, 0.05) is 23.9 Å². The number of thiazole rings is 1. The number of nitrogens with one attached hydrogen (secondary N) is 1. The lowest BCUT2D eigenvalue weighted by Crippen LogP contribution is -2.32. The fraction of sp³-hybridized carbons (Fsp3) is 0.0833. The van der Waals surface area contributed by atoms with Gasteiger partial charge in [-0.3, -0.25) is 19.3 Å². The summed E-state index contributed by atoms with van der Waals surface area (Å²) in [6, 6.07) is 20.9. The summed E-state index contributed by atoms with van der Waals surface area (Å²) in [6.45, 7) is 0.0289. The van der Waals surface area contributed by atoms with Crippen LogP contribution >= 0.6 is 11.3 Å². The minimum Gasteiger partial charge on any atom is -0.302 e. The molecular formula is C24H17N3O3S. The van der Waals surface area contributed by atoms with Crippen LogP contribution in [0.15, 0.2) is 72.1 Å². The van der Waals surface area contributed by atoms with Crippen molar-refractivity contribution in [2.45, 2.75) is 6.42 Å². The number of carbonyl (C=O) groups is 3. The molecule has 1 N–H and O–H groups in total. The van der Waals surface area contributed by atoms with E-state index in [2.05, 4.69) is 22.4 Å². The van der Waals surface area contributed by atoms with E-state index in [1.54, 1.807) is 24.3 Å². The van der Waals surface area contributed by atoms with Gasteiger partial charge in [-0.1, -0.05) is 48.5 Å². The average molecular weight is 427 g/mol. The Morgan fingerprint density at radius 2 is 1.58 bits per heavy atom. The molecule has 0 fully saturated rings. The van der Waals surface area contributed by atoms with E-state index in [0.717, 1.165) is 26.9 Å². The zero-order valence-corrected chi connectivity index (χ0v) is 17.2. The van der Waals surface area contributed by atoms with E-state index in [1.165, 1.54) is 11.3 Å². The zero-order chi connectivity index (χ0) is 21.4. The number of fused-ring (bicyclic) bond motifs is 2. The number of carbonyl (C=O) groups excluding carboxylic acids is 3. The number of benzene rings is 3. The molecule has 0 radical (unpaired) electrons. The van der Waals surface area contributed by atoms with Crippen molar-refractivity contribution in [1.82, 2.24) is 9.88 Å². The minimum atomic E-state index is -0.360. The van der Waals surface area contributed by atoms with Crippen molar-refractivity contribution in [2.75, 3.05) is 11.9 Å². The molecule has 152 valence electrons. The Morgan fingerprint density at radius 3 is 2.32 bits per heavy atom. The number of amides is 3.